The van der Waals surface area contributed by atoms with Gasteiger partial charge in [-0.15, -0.1) is 11.3 Å². The number of amides is 1. The fourth-order valence-electron chi connectivity index (χ4n) is 3.62. The van der Waals surface area contributed by atoms with Crippen molar-refractivity contribution in [2.45, 2.75) is 51.0 Å². The zero-order valence-corrected chi connectivity index (χ0v) is 14.7. The van der Waals surface area contributed by atoms with E-state index in [1.807, 2.05) is 5.38 Å². The van der Waals surface area contributed by atoms with Gasteiger partial charge in [0.05, 0.1) is 18.7 Å². The van der Waals surface area contributed by atoms with Crippen molar-refractivity contribution in [1.29, 1.82) is 0 Å². The lowest BCUT2D eigenvalue weighted by Crippen LogP contribution is -2.29. The molecule has 1 aromatic heterocycles. The summed E-state index contributed by atoms with van der Waals surface area (Å²) in [5, 5.41) is 9.21. The van der Waals surface area contributed by atoms with E-state index in [2.05, 4.69) is 15.6 Å². The Morgan fingerprint density at radius 1 is 1.39 bits per heavy atom. The quantitative estimate of drug-likeness (QED) is 0.716. The molecule has 0 aliphatic heterocycles. The highest BCUT2D eigenvalue weighted by atomic mass is 32.1. The normalized spacial score (nSPS) is 24.4. The lowest BCUT2D eigenvalue weighted by atomic mass is 9.85. The number of nitrogens with zero attached hydrogens (tertiary/aromatic N) is 1. The predicted octanol–water partition coefficient (Wildman–Crippen LogP) is 2.83. The minimum absolute atomic E-state index is 0.113. The Hall–Kier alpha value is -1.14. The molecule has 0 radical (unpaired) electrons. The SMILES string of the molecule is COCCNc1nc(CC(=O)N[C@@H]2C[C@H]2C2CCCCC2)cs1. The topological polar surface area (TPSA) is 63.2 Å². The number of carbonyl (C=O) groups excluding carboxylic acids is 1. The molecule has 2 aliphatic rings. The molecule has 1 amide bonds. The van der Waals surface area contributed by atoms with Crippen LogP contribution in [0.15, 0.2) is 5.38 Å². The summed E-state index contributed by atoms with van der Waals surface area (Å²) in [5.41, 5.74) is 0.849. The smallest absolute Gasteiger partial charge is 0.226 e. The Labute approximate surface area is 142 Å². The number of aromatic nitrogens is 1. The minimum atomic E-state index is 0.113. The van der Waals surface area contributed by atoms with Crippen molar-refractivity contribution in [3.05, 3.63) is 11.1 Å². The average molecular weight is 337 g/mol. The summed E-state index contributed by atoms with van der Waals surface area (Å²) in [6.07, 6.45) is 8.43. The maximum absolute atomic E-state index is 12.2. The Bertz CT molecular complexity index is 514. The molecule has 1 aromatic rings. The summed E-state index contributed by atoms with van der Waals surface area (Å²) in [7, 11) is 1.68. The van der Waals surface area contributed by atoms with Crippen molar-refractivity contribution in [2.24, 2.45) is 11.8 Å². The van der Waals surface area contributed by atoms with Crippen LogP contribution in [0.3, 0.4) is 0 Å². The number of nitrogens with one attached hydrogen (secondary N) is 2. The Morgan fingerprint density at radius 3 is 3.00 bits per heavy atom. The van der Waals surface area contributed by atoms with E-state index in [9.17, 15) is 4.79 Å². The first kappa shape index (κ1) is 16.7. The largest absolute Gasteiger partial charge is 0.383 e. The lowest BCUT2D eigenvalue weighted by Gasteiger charge is -2.21. The van der Waals surface area contributed by atoms with E-state index < -0.39 is 0 Å². The molecule has 3 rings (SSSR count). The van der Waals surface area contributed by atoms with E-state index in [0.29, 0.717) is 19.1 Å². The van der Waals surface area contributed by atoms with Crippen LogP contribution in [0.25, 0.3) is 0 Å². The van der Waals surface area contributed by atoms with E-state index >= 15 is 0 Å². The van der Waals surface area contributed by atoms with Crippen LogP contribution in [0.4, 0.5) is 5.13 Å². The van der Waals surface area contributed by atoms with Gasteiger partial charge in [0.25, 0.3) is 0 Å². The minimum Gasteiger partial charge on any atom is -0.383 e. The van der Waals surface area contributed by atoms with Crippen LogP contribution in [-0.4, -0.2) is 37.2 Å². The predicted molar refractivity (Wildman–Crippen MR) is 92.8 cm³/mol. The van der Waals surface area contributed by atoms with Gasteiger partial charge in [0.1, 0.15) is 0 Å². The first-order chi connectivity index (χ1) is 11.3. The van der Waals surface area contributed by atoms with E-state index in [1.54, 1.807) is 18.4 Å². The molecule has 0 aromatic carbocycles. The molecule has 0 saturated heterocycles. The van der Waals surface area contributed by atoms with Gasteiger partial charge in [0.2, 0.25) is 5.91 Å². The molecular weight excluding hydrogens is 310 g/mol. The van der Waals surface area contributed by atoms with Gasteiger partial charge in [-0.25, -0.2) is 4.98 Å². The second kappa shape index (κ2) is 8.11. The first-order valence-electron chi connectivity index (χ1n) is 8.73. The number of hydrogen-bond acceptors (Lipinski definition) is 5. The molecule has 2 atom stereocenters. The zero-order valence-electron chi connectivity index (χ0n) is 13.8. The van der Waals surface area contributed by atoms with Gasteiger partial charge < -0.3 is 15.4 Å². The van der Waals surface area contributed by atoms with Crippen molar-refractivity contribution in [3.63, 3.8) is 0 Å². The van der Waals surface area contributed by atoms with Gasteiger partial charge >= 0.3 is 0 Å². The Balaban J connectivity index is 1.38. The number of rotatable bonds is 8. The van der Waals surface area contributed by atoms with Crippen LogP contribution in [-0.2, 0) is 16.0 Å². The molecule has 6 heteroatoms. The van der Waals surface area contributed by atoms with Crippen LogP contribution in [0.1, 0.15) is 44.2 Å². The van der Waals surface area contributed by atoms with E-state index in [0.717, 1.165) is 29.2 Å². The summed E-state index contributed by atoms with van der Waals surface area (Å²) < 4.78 is 5.00. The number of thiazole rings is 1. The van der Waals surface area contributed by atoms with E-state index in [1.165, 1.54) is 38.5 Å². The van der Waals surface area contributed by atoms with Crippen LogP contribution in [0.2, 0.25) is 0 Å². The number of carbonyl (C=O) groups is 1. The summed E-state index contributed by atoms with van der Waals surface area (Å²) in [5.74, 6) is 1.70. The average Bonchev–Trinajstić information content (AvgIpc) is 3.18. The molecule has 2 aliphatic carbocycles. The summed E-state index contributed by atoms with van der Waals surface area (Å²) >= 11 is 1.54. The number of hydrogen-bond donors (Lipinski definition) is 2. The van der Waals surface area contributed by atoms with Crippen molar-refractivity contribution < 1.29 is 9.53 Å². The molecule has 1 heterocycles. The molecule has 0 bridgehead atoms. The van der Waals surface area contributed by atoms with E-state index in [4.69, 9.17) is 4.74 Å². The molecule has 2 fully saturated rings. The summed E-state index contributed by atoms with van der Waals surface area (Å²) in [6.45, 7) is 1.39. The van der Waals surface area contributed by atoms with E-state index in [-0.39, 0.29) is 5.91 Å². The van der Waals surface area contributed by atoms with Gasteiger partial charge in [-0.05, 0) is 18.3 Å². The Kier molecular flexibility index (Phi) is 5.89. The highest BCUT2D eigenvalue weighted by Gasteiger charge is 2.43. The maximum atomic E-state index is 12.2. The third-order valence-corrected chi connectivity index (χ3v) is 5.77. The van der Waals surface area contributed by atoms with Gasteiger partial charge in [-0.1, -0.05) is 32.1 Å². The molecule has 0 spiro atoms. The van der Waals surface area contributed by atoms with Crippen LogP contribution in [0, 0.1) is 11.8 Å². The van der Waals surface area contributed by atoms with Crippen molar-refractivity contribution >= 4 is 22.4 Å². The second-order valence-electron chi connectivity index (χ2n) is 6.71. The fraction of sp³-hybridized carbons (Fsp3) is 0.765. The highest BCUT2D eigenvalue weighted by molar-refractivity contribution is 7.13. The van der Waals surface area contributed by atoms with Gasteiger partial charge in [0, 0.05) is 25.1 Å². The summed E-state index contributed by atoms with van der Waals surface area (Å²) in [4.78, 5) is 16.6. The molecule has 5 nitrogen and oxygen atoms in total. The zero-order chi connectivity index (χ0) is 16.1. The summed E-state index contributed by atoms with van der Waals surface area (Å²) in [6, 6.07) is 0.420. The van der Waals surface area contributed by atoms with Gasteiger partial charge in [0.15, 0.2) is 5.13 Å². The second-order valence-corrected chi connectivity index (χ2v) is 7.57. The van der Waals surface area contributed by atoms with Gasteiger partial charge in [-0.3, -0.25) is 4.79 Å². The lowest BCUT2D eigenvalue weighted by molar-refractivity contribution is -0.120. The monoisotopic (exact) mass is 337 g/mol. The number of methoxy groups -OCH3 is 1. The third-order valence-electron chi connectivity index (χ3n) is 4.92. The molecule has 0 unspecified atom stereocenters. The molecule has 23 heavy (non-hydrogen) atoms. The van der Waals surface area contributed by atoms with Crippen molar-refractivity contribution in [2.75, 3.05) is 25.6 Å². The fourth-order valence-corrected chi connectivity index (χ4v) is 4.35. The Morgan fingerprint density at radius 2 is 2.22 bits per heavy atom. The number of ether oxygens (including phenoxy) is 1. The van der Waals surface area contributed by atoms with Crippen molar-refractivity contribution in [3.8, 4) is 0 Å². The van der Waals surface area contributed by atoms with Crippen LogP contribution in [0.5, 0.6) is 0 Å². The maximum Gasteiger partial charge on any atom is 0.226 e. The molecule has 128 valence electrons. The molecule has 2 saturated carbocycles. The van der Waals surface area contributed by atoms with Crippen LogP contribution < -0.4 is 10.6 Å². The van der Waals surface area contributed by atoms with Crippen LogP contribution >= 0.6 is 11.3 Å². The van der Waals surface area contributed by atoms with Crippen molar-refractivity contribution in [1.82, 2.24) is 10.3 Å². The standard InChI is InChI=1S/C17H27N3O2S/c1-22-8-7-18-17-19-13(11-23-17)9-16(21)20-15-10-14(15)12-5-3-2-4-6-12/h11-12,14-15H,2-10H2,1H3,(H,18,19)(H,20,21)/t14-,15+/m0/s1. The number of anilines is 1. The molecular formula is C17H27N3O2S. The first-order valence-corrected chi connectivity index (χ1v) is 9.61. The highest BCUT2D eigenvalue weighted by Crippen LogP contribution is 2.44. The van der Waals surface area contributed by atoms with Gasteiger partial charge in [-0.2, -0.15) is 0 Å². The third kappa shape index (κ3) is 4.91. The molecule has 2 N–H and O–H groups in total.